The number of nitrogens with one attached hydrogen (secondary N) is 6. The highest BCUT2D eigenvalue weighted by Gasteiger charge is 2.45. The molecule has 97 heavy (non-hydrogen) atoms. The molecule has 4 aliphatic heterocycles. The van der Waals surface area contributed by atoms with E-state index in [1.165, 1.54) is 12.0 Å². The van der Waals surface area contributed by atoms with Crippen molar-refractivity contribution >= 4 is 47.1 Å². The van der Waals surface area contributed by atoms with Gasteiger partial charge in [0.2, 0.25) is 41.4 Å². The van der Waals surface area contributed by atoms with E-state index in [0.29, 0.717) is 32.1 Å². The number of methoxy groups -OCH3 is 1. The summed E-state index contributed by atoms with van der Waals surface area (Å²) >= 11 is 0. The number of ketones is 1. The van der Waals surface area contributed by atoms with Gasteiger partial charge < -0.3 is 121 Å². The van der Waals surface area contributed by atoms with Gasteiger partial charge in [-0.15, -0.1) is 0 Å². The summed E-state index contributed by atoms with van der Waals surface area (Å²) in [6, 6.07) is -0.333. The Morgan fingerprint density at radius 1 is 0.464 bits per heavy atom. The second-order valence-electron chi connectivity index (χ2n) is 26.5. The molecule has 0 radical (unpaired) electrons. The van der Waals surface area contributed by atoms with E-state index in [4.69, 9.17) is 33.2 Å². The summed E-state index contributed by atoms with van der Waals surface area (Å²) in [5.74, 6) is -4.00. The molecule has 0 bridgehead atoms. The van der Waals surface area contributed by atoms with Gasteiger partial charge in [-0.3, -0.25) is 38.4 Å². The first kappa shape index (κ1) is 86.5. The van der Waals surface area contributed by atoms with Crippen molar-refractivity contribution in [1.29, 1.82) is 0 Å². The molecule has 4 saturated heterocycles. The Hall–Kier alpha value is -4.72. The third kappa shape index (κ3) is 31.8. The number of ether oxygens (including phenoxy) is 7. The van der Waals surface area contributed by atoms with Gasteiger partial charge in [0.05, 0.1) is 96.0 Å². The predicted molar refractivity (Wildman–Crippen MR) is 347 cm³/mol. The molecule has 0 aromatic rings. The minimum absolute atomic E-state index is 0.00862. The number of carbonyl (C=O) groups excluding carboxylic acids is 8. The minimum Gasteiger partial charge on any atom is -0.394 e. The Kier molecular flexibility index (Phi) is 41.6. The second kappa shape index (κ2) is 46.7. The molecule has 4 rings (SSSR count). The highest BCUT2D eigenvalue weighted by atomic mass is 16.7. The Bertz CT molecular complexity index is 2130. The fourth-order valence-corrected chi connectivity index (χ4v) is 11.5. The van der Waals surface area contributed by atoms with Gasteiger partial charge in [0.1, 0.15) is 42.4 Å². The van der Waals surface area contributed by atoms with Crippen LogP contribution in [0, 0.1) is 23.7 Å². The predicted octanol–water partition coefficient (Wildman–Crippen LogP) is -2.83. The molecule has 4 heterocycles. The molecule has 0 aromatic carbocycles. The number of aliphatic hydroxyl groups is 10. The molecular formula is C65H117N7O25. The van der Waals surface area contributed by atoms with Crippen molar-refractivity contribution in [1.82, 2.24) is 36.8 Å². The molecule has 17 atom stereocenters. The van der Waals surface area contributed by atoms with Crippen molar-refractivity contribution < 1.29 is 123 Å². The Labute approximate surface area is 569 Å². The number of nitrogens with zero attached hydrogens (tertiary/aromatic N) is 1. The molecule has 0 aromatic heterocycles. The number of carbonyl (C=O) groups is 8. The van der Waals surface area contributed by atoms with Crippen LogP contribution >= 0.6 is 0 Å². The van der Waals surface area contributed by atoms with Crippen molar-refractivity contribution in [3.63, 3.8) is 0 Å². The molecule has 32 heteroatoms. The molecule has 0 spiro atoms. The van der Waals surface area contributed by atoms with Crippen LogP contribution in [0.5, 0.6) is 0 Å². The van der Waals surface area contributed by atoms with Crippen LogP contribution in [0.25, 0.3) is 0 Å². The lowest BCUT2D eigenvalue weighted by Gasteiger charge is -2.40. The largest absolute Gasteiger partial charge is 0.394 e. The van der Waals surface area contributed by atoms with Crippen molar-refractivity contribution in [2.75, 3.05) is 92.6 Å². The van der Waals surface area contributed by atoms with Gasteiger partial charge in [-0.25, -0.2) is 0 Å². The molecule has 0 aliphatic carbocycles. The summed E-state index contributed by atoms with van der Waals surface area (Å²) < 4.78 is 38.8. The summed E-state index contributed by atoms with van der Waals surface area (Å²) in [5.41, 5.74) is -1.32. The SMILES string of the molecule is CC(C)C.COC[C@H]1C[C@H](O)CN1C(=O)CCCC(=O)NC(CCC(=O)CCCCNC(=O)CCO[C@@H]1OC(CO)[C@H](O)[C@H](O)C1C)(CCC(=O)NCCCNC(=O)CCO[C@@H]1OC(CO)[C@H](O)[C@H](O)C1C)CCC(=O)NCCCNC(=O)CCO[C@@H]1OC(CO)[C@H](O)[C@H](O)C1C. The van der Waals surface area contributed by atoms with Crippen LogP contribution in [0.3, 0.4) is 0 Å². The van der Waals surface area contributed by atoms with Crippen molar-refractivity contribution in [3.8, 4) is 0 Å². The van der Waals surface area contributed by atoms with E-state index in [0.717, 1.165) is 5.92 Å². The van der Waals surface area contributed by atoms with E-state index in [9.17, 15) is 89.4 Å². The number of likely N-dealkylation sites (tertiary alicyclic amines) is 1. The van der Waals surface area contributed by atoms with Gasteiger partial charge in [-0.05, 0) is 63.7 Å². The number of hydrogen-bond donors (Lipinski definition) is 16. The van der Waals surface area contributed by atoms with Crippen LogP contribution < -0.4 is 31.9 Å². The van der Waals surface area contributed by atoms with Crippen LogP contribution in [0.1, 0.15) is 157 Å². The minimum atomic E-state index is -1.32. The summed E-state index contributed by atoms with van der Waals surface area (Å²) in [6.07, 6.45) is -13.2. The molecule has 562 valence electrons. The van der Waals surface area contributed by atoms with E-state index in [1.807, 2.05) is 0 Å². The summed E-state index contributed by atoms with van der Waals surface area (Å²) in [7, 11) is 1.49. The van der Waals surface area contributed by atoms with E-state index in [1.54, 1.807) is 20.8 Å². The maximum atomic E-state index is 14.0. The number of amides is 7. The Balaban J connectivity index is 0.00000595. The molecule has 4 aliphatic rings. The zero-order chi connectivity index (χ0) is 72.2. The van der Waals surface area contributed by atoms with Crippen molar-refractivity contribution in [2.45, 2.75) is 249 Å². The van der Waals surface area contributed by atoms with Gasteiger partial charge in [0.25, 0.3) is 0 Å². The summed E-state index contributed by atoms with van der Waals surface area (Å²) in [4.78, 5) is 108. The van der Waals surface area contributed by atoms with Crippen LogP contribution in [0.15, 0.2) is 0 Å². The molecule has 6 unspecified atom stereocenters. The number of hydrogen-bond acceptors (Lipinski definition) is 25. The first-order valence-corrected chi connectivity index (χ1v) is 34.5. The highest BCUT2D eigenvalue weighted by molar-refractivity contribution is 5.82. The smallest absolute Gasteiger partial charge is 0.223 e. The number of unbranched alkanes of at least 4 members (excludes halogenated alkanes) is 1. The third-order valence-corrected chi connectivity index (χ3v) is 17.4. The lowest BCUT2D eigenvalue weighted by molar-refractivity contribution is -0.282. The van der Waals surface area contributed by atoms with Gasteiger partial charge in [0.15, 0.2) is 18.9 Å². The molecule has 4 fully saturated rings. The highest BCUT2D eigenvalue weighted by Crippen LogP contribution is 2.31. The zero-order valence-corrected chi connectivity index (χ0v) is 57.9. The van der Waals surface area contributed by atoms with E-state index in [2.05, 4.69) is 52.7 Å². The van der Waals surface area contributed by atoms with E-state index >= 15 is 0 Å². The topological polar surface area (TPSA) is 479 Å². The monoisotopic (exact) mass is 1400 g/mol. The average molecular weight is 1400 g/mol. The molecule has 7 amide bonds. The van der Waals surface area contributed by atoms with E-state index in [-0.39, 0.29) is 185 Å². The number of Topliss-reactive ketones (excluding diaryl/α,β-unsaturated/α-hetero) is 1. The molecule has 16 N–H and O–H groups in total. The maximum absolute atomic E-state index is 14.0. The van der Waals surface area contributed by atoms with Crippen molar-refractivity contribution in [2.24, 2.45) is 23.7 Å². The quantitative estimate of drug-likeness (QED) is 0.0273. The Morgan fingerprint density at radius 2 is 0.825 bits per heavy atom. The summed E-state index contributed by atoms with van der Waals surface area (Å²) in [6.45, 7) is 10.6. The van der Waals surface area contributed by atoms with Crippen LogP contribution in [-0.2, 0) is 71.5 Å². The van der Waals surface area contributed by atoms with Crippen molar-refractivity contribution in [3.05, 3.63) is 0 Å². The normalized spacial score (nSPS) is 28.6. The van der Waals surface area contributed by atoms with E-state index < -0.39 is 141 Å². The number of aliphatic hydroxyl groups excluding tert-OH is 10. The number of β-amino-alcohol motifs (C(OH)–C–C–N with tert-alkyl or cyclic N) is 1. The molecular weight excluding hydrogens is 1280 g/mol. The van der Waals surface area contributed by atoms with Crippen LogP contribution in [0.4, 0.5) is 0 Å². The Morgan fingerprint density at radius 3 is 1.20 bits per heavy atom. The summed E-state index contributed by atoms with van der Waals surface area (Å²) in [5, 5.41) is 117. The lowest BCUT2D eigenvalue weighted by Crippen LogP contribution is -2.55. The van der Waals surface area contributed by atoms with Gasteiger partial charge >= 0.3 is 0 Å². The van der Waals surface area contributed by atoms with Crippen LogP contribution in [0.2, 0.25) is 0 Å². The number of rotatable bonds is 44. The standard InChI is InChI=1S/C61H107N7O25.C4H10/c1-36-52(81)55(84)42(32-69)91-58(36)88-27-16-47(76)62-22-6-5-10-40(72)13-19-61(67-50(79)11-7-12-51(80)68-31-41(73)30-39(68)35-87-4,20-14-45(74)63-23-8-25-65-48(77)17-28-89-59-37(2)53(82)56(85)43(33-70)92-59)21-15-46(75)64-24-9-26-66-49(78)18-29-90-60-38(3)54(83)57(86)44(34-71)93-60;1-4(2)3/h36-39,41-44,52-60,69-71,73,81-86H,5-35H2,1-4H3,(H,62,76)(H,63,74)(H,64,75)(H,65,77)(H,66,78)(H,67,79);4H,1-3H3/t36?,37?,38?,39-,41+,42?,43?,44?,52-,53-,54-,55+,56+,57+,58-,59-,60-,61?;/m1./s1. The lowest BCUT2D eigenvalue weighted by atomic mass is 9.82. The second-order valence-corrected chi connectivity index (χ2v) is 26.5. The van der Waals surface area contributed by atoms with Gasteiger partial charge in [-0.1, -0.05) is 41.5 Å². The van der Waals surface area contributed by atoms with Crippen LogP contribution in [-0.4, -0.2) is 287 Å². The van der Waals surface area contributed by atoms with Gasteiger partial charge in [0, 0.05) is 108 Å². The molecule has 0 saturated carbocycles. The maximum Gasteiger partial charge on any atom is 0.223 e. The first-order chi connectivity index (χ1) is 46.1. The zero-order valence-electron chi connectivity index (χ0n) is 57.9. The third-order valence-electron chi connectivity index (χ3n) is 17.4. The first-order valence-electron chi connectivity index (χ1n) is 34.5. The fourth-order valence-electron chi connectivity index (χ4n) is 11.5. The van der Waals surface area contributed by atoms with Gasteiger partial charge in [-0.2, -0.15) is 0 Å². The molecule has 32 nitrogen and oxygen atoms in total. The average Bonchev–Trinajstić information content (AvgIpc) is 1.15. The fraction of sp³-hybridized carbons (Fsp3) is 0.877.